The molecule has 0 aliphatic carbocycles. The first-order chi connectivity index (χ1) is 15.9. The molecule has 1 unspecified atom stereocenters. The Morgan fingerprint density at radius 1 is 1.18 bits per heavy atom. The van der Waals surface area contributed by atoms with Gasteiger partial charge in [-0.2, -0.15) is 9.54 Å². The van der Waals surface area contributed by atoms with E-state index in [4.69, 9.17) is 19.4 Å². The zero-order valence-corrected chi connectivity index (χ0v) is 20.1. The van der Waals surface area contributed by atoms with Crippen molar-refractivity contribution in [2.24, 2.45) is 0 Å². The molecule has 9 nitrogen and oxygen atoms in total. The molecule has 0 aromatic carbocycles. The summed E-state index contributed by atoms with van der Waals surface area (Å²) in [5, 5.41) is 0. The van der Waals surface area contributed by atoms with Crippen LogP contribution in [-0.4, -0.2) is 76.7 Å². The molecule has 1 atom stereocenters. The highest BCUT2D eigenvalue weighted by Gasteiger charge is 2.42. The molecule has 0 amide bonds. The van der Waals surface area contributed by atoms with Gasteiger partial charge in [0.15, 0.2) is 22.7 Å². The molecule has 2 saturated heterocycles. The Labute approximate surface area is 196 Å². The molecule has 3 aliphatic rings. The van der Waals surface area contributed by atoms with Crippen molar-refractivity contribution in [1.82, 2.24) is 15.0 Å². The Hall–Kier alpha value is -2.43. The van der Waals surface area contributed by atoms with Crippen LogP contribution in [0.3, 0.4) is 0 Å². The molecular weight excluding hydrogens is 442 g/mol. The smallest absolute Gasteiger partial charge is 0.338 e. The van der Waals surface area contributed by atoms with E-state index in [1.807, 2.05) is 18.7 Å². The fourth-order valence-corrected chi connectivity index (χ4v) is 6.06. The van der Waals surface area contributed by atoms with Crippen LogP contribution in [0.1, 0.15) is 40.3 Å². The molecule has 0 radical (unpaired) electrons. The molecule has 33 heavy (non-hydrogen) atoms. The van der Waals surface area contributed by atoms with E-state index in [0.717, 1.165) is 60.3 Å². The van der Waals surface area contributed by atoms with Crippen LogP contribution >= 0.6 is 0 Å². The lowest BCUT2D eigenvalue weighted by Crippen LogP contribution is -2.54. The lowest BCUT2D eigenvalue weighted by atomic mass is 10.1. The van der Waals surface area contributed by atoms with Crippen LogP contribution in [0.4, 0.5) is 11.8 Å². The average Bonchev–Trinajstić information content (AvgIpc) is 3.15. The molecule has 2 aromatic heterocycles. The van der Waals surface area contributed by atoms with Gasteiger partial charge in [0.2, 0.25) is 5.95 Å². The van der Waals surface area contributed by atoms with Crippen LogP contribution in [0.2, 0.25) is 0 Å². The number of carbonyl (C=O) groups excluding carboxylic acids is 1. The third kappa shape index (κ3) is 4.51. The summed E-state index contributed by atoms with van der Waals surface area (Å²) in [5.74, 6) is 1.85. The van der Waals surface area contributed by atoms with Crippen molar-refractivity contribution in [3.8, 4) is 0 Å². The SMILES string of the molecule is Cc1cc(C(=O)OC2CN(c3nc4c(c(N(C)C5CCOCC5)n3)[S+](O)CC4)C2)cc(C)n1. The molecule has 176 valence electrons. The highest BCUT2D eigenvalue weighted by molar-refractivity contribution is 7.92. The van der Waals surface area contributed by atoms with E-state index in [-0.39, 0.29) is 12.1 Å². The van der Waals surface area contributed by atoms with Crippen molar-refractivity contribution in [2.75, 3.05) is 48.9 Å². The maximum atomic E-state index is 12.6. The van der Waals surface area contributed by atoms with E-state index >= 15 is 0 Å². The summed E-state index contributed by atoms with van der Waals surface area (Å²) >= 11 is -0.821. The van der Waals surface area contributed by atoms with Crippen LogP contribution in [0.25, 0.3) is 0 Å². The average molecular weight is 473 g/mol. The Morgan fingerprint density at radius 2 is 1.88 bits per heavy atom. The Kier molecular flexibility index (Phi) is 6.15. The maximum Gasteiger partial charge on any atom is 0.338 e. The Balaban J connectivity index is 1.30. The number of rotatable bonds is 5. The summed E-state index contributed by atoms with van der Waals surface area (Å²) in [7, 11) is 2.05. The van der Waals surface area contributed by atoms with Gasteiger partial charge in [-0.15, -0.1) is 0 Å². The number of fused-ring (bicyclic) bond motifs is 1. The number of aryl methyl sites for hydroxylation is 3. The van der Waals surface area contributed by atoms with Gasteiger partial charge in [0.1, 0.15) is 11.8 Å². The summed E-state index contributed by atoms with van der Waals surface area (Å²) in [5.41, 5.74) is 3.06. The Bertz CT molecular complexity index is 1040. The van der Waals surface area contributed by atoms with E-state index < -0.39 is 11.2 Å². The number of aromatic nitrogens is 3. The number of ether oxygens (including phenoxy) is 2. The first kappa shape index (κ1) is 22.4. The second-order valence-corrected chi connectivity index (χ2v) is 10.5. The molecular formula is C23H30N5O4S+. The maximum absolute atomic E-state index is 12.6. The number of anilines is 2. The molecule has 3 aliphatic heterocycles. The van der Waals surface area contributed by atoms with Crippen LogP contribution in [0, 0.1) is 13.8 Å². The quantitative estimate of drug-likeness (QED) is 0.518. The van der Waals surface area contributed by atoms with Gasteiger partial charge in [-0.25, -0.2) is 9.78 Å². The molecule has 5 rings (SSSR count). The van der Waals surface area contributed by atoms with Crippen molar-refractivity contribution < 1.29 is 18.8 Å². The van der Waals surface area contributed by atoms with E-state index in [2.05, 4.69) is 16.9 Å². The van der Waals surface area contributed by atoms with Crippen molar-refractivity contribution in [2.45, 2.75) is 50.2 Å². The number of carbonyl (C=O) groups is 1. The summed E-state index contributed by atoms with van der Waals surface area (Å²) < 4.78 is 21.8. The number of hydrogen-bond donors (Lipinski definition) is 1. The van der Waals surface area contributed by atoms with E-state index in [0.29, 0.717) is 36.4 Å². The minimum Gasteiger partial charge on any atom is -0.455 e. The zero-order chi connectivity index (χ0) is 23.1. The van der Waals surface area contributed by atoms with Gasteiger partial charge >= 0.3 is 5.97 Å². The number of hydrogen-bond acceptors (Lipinski definition) is 9. The first-order valence-electron chi connectivity index (χ1n) is 11.4. The fourth-order valence-electron chi connectivity index (χ4n) is 4.65. The highest BCUT2D eigenvalue weighted by atomic mass is 32.2. The van der Waals surface area contributed by atoms with Crippen LogP contribution in [0.5, 0.6) is 0 Å². The molecule has 1 N–H and O–H groups in total. The van der Waals surface area contributed by atoms with Gasteiger partial charge in [-0.1, -0.05) is 0 Å². The molecule has 0 bridgehead atoms. The van der Waals surface area contributed by atoms with E-state index in [1.54, 1.807) is 12.1 Å². The topological polar surface area (TPSA) is 101 Å². The molecule has 0 saturated carbocycles. The molecule has 0 spiro atoms. The molecule has 5 heterocycles. The molecule has 10 heteroatoms. The van der Waals surface area contributed by atoms with Crippen LogP contribution in [0.15, 0.2) is 17.0 Å². The normalized spacial score (nSPS) is 21.0. The number of nitrogens with zero attached hydrogens (tertiary/aromatic N) is 5. The van der Waals surface area contributed by atoms with E-state index in [1.165, 1.54) is 0 Å². The standard InChI is InChI=1S/C23H30N5O4S/c1-14-10-16(11-15(2)24-14)22(29)32-18-12-28(13-18)23-25-19-6-9-33(30)20(19)21(26-23)27(3)17-4-7-31-8-5-17/h10-11,17-18,30H,4-9,12-13H2,1-3H3/q+1. The highest BCUT2D eigenvalue weighted by Crippen LogP contribution is 2.36. The van der Waals surface area contributed by atoms with Crippen LogP contribution < -0.4 is 9.80 Å². The minimum atomic E-state index is -0.821. The summed E-state index contributed by atoms with van der Waals surface area (Å²) in [6.07, 6.45) is 2.44. The third-order valence-corrected chi connectivity index (χ3v) is 7.95. The first-order valence-corrected chi connectivity index (χ1v) is 12.8. The second-order valence-electron chi connectivity index (χ2n) is 8.97. The van der Waals surface area contributed by atoms with Crippen molar-refractivity contribution in [3.05, 3.63) is 34.8 Å². The lowest BCUT2D eigenvalue weighted by Gasteiger charge is -2.39. The minimum absolute atomic E-state index is 0.202. The van der Waals surface area contributed by atoms with Crippen LogP contribution in [-0.2, 0) is 27.1 Å². The van der Waals surface area contributed by atoms with Crippen molar-refractivity contribution in [3.63, 3.8) is 0 Å². The fraction of sp³-hybridized carbons (Fsp3) is 0.565. The predicted molar refractivity (Wildman–Crippen MR) is 126 cm³/mol. The van der Waals surface area contributed by atoms with Crippen molar-refractivity contribution >= 4 is 28.9 Å². The third-order valence-electron chi connectivity index (χ3n) is 6.47. The van der Waals surface area contributed by atoms with Gasteiger partial charge < -0.3 is 19.3 Å². The van der Waals surface area contributed by atoms with Gasteiger partial charge in [0.05, 0.1) is 18.7 Å². The number of esters is 1. The van der Waals surface area contributed by atoms with Gasteiger partial charge in [0, 0.05) is 44.1 Å². The van der Waals surface area contributed by atoms with E-state index in [9.17, 15) is 9.35 Å². The molecule has 2 aromatic rings. The predicted octanol–water partition coefficient (Wildman–Crippen LogP) is 2.16. The zero-order valence-electron chi connectivity index (χ0n) is 19.3. The Morgan fingerprint density at radius 3 is 2.58 bits per heavy atom. The number of pyridine rings is 1. The summed E-state index contributed by atoms with van der Waals surface area (Å²) in [4.78, 5) is 31.6. The van der Waals surface area contributed by atoms with Crippen molar-refractivity contribution in [1.29, 1.82) is 0 Å². The van der Waals surface area contributed by atoms with Gasteiger partial charge in [-0.3, -0.25) is 4.98 Å². The molecule has 2 fully saturated rings. The largest absolute Gasteiger partial charge is 0.455 e. The monoisotopic (exact) mass is 472 g/mol. The summed E-state index contributed by atoms with van der Waals surface area (Å²) in [6, 6.07) is 3.83. The van der Waals surface area contributed by atoms with Gasteiger partial charge in [-0.05, 0) is 38.8 Å². The lowest BCUT2D eigenvalue weighted by molar-refractivity contribution is 0.0231. The second kappa shape index (κ2) is 9.08. The van der Waals surface area contributed by atoms with Gasteiger partial charge in [0.25, 0.3) is 4.90 Å². The summed E-state index contributed by atoms with van der Waals surface area (Å²) in [6.45, 7) is 6.34.